The van der Waals surface area contributed by atoms with Crippen molar-refractivity contribution in [3.63, 3.8) is 0 Å². The van der Waals surface area contributed by atoms with Crippen LogP contribution in [0, 0.1) is 6.92 Å². The molecule has 0 fully saturated rings. The monoisotopic (exact) mass is 291 g/mol. The summed E-state index contributed by atoms with van der Waals surface area (Å²) in [6.07, 6.45) is 3.69. The first kappa shape index (κ1) is 14.1. The smallest absolute Gasteiger partial charge is 0.146 e. The predicted molar refractivity (Wildman–Crippen MR) is 88.0 cm³/mol. The third kappa shape index (κ3) is 2.76. The van der Waals surface area contributed by atoms with Gasteiger partial charge in [-0.1, -0.05) is 42.5 Å². The molecule has 2 aromatic carbocycles. The third-order valence-corrected chi connectivity index (χ3v) is 3.40. The molecule has 3 aromatic rings. The number of para-hydroxylation sites is 2. The van der Waals surface area contributed by atoms with E-state index in [1.807, 2.05) is 72.3 Å². The van der Waals surface area contributed by atoms with Gasteiger partial charge in [0.25, 0.3) is 0 Å². The summed E-state index contributed by atoms with van der Waals surface area (Å²) < 4.78 is 7.37. The van der Waals surface area contributed by atoms with Gasteiger partial charge >= 0.3 is 0 Å². The number of aromatic nitrogens is 2. The summed E-state index contributed by atoms with van der Waals surface area (Å²) in [5, 5.41) is 0. The molecule has 0 atom stereocenters. The Labute approximate surface area is 129 Å². The van der Waals surface area contributed by atoms with Gasteiger partial charge in [-0.25, -0.2) is 9.98 Å². The van der Waals surface area contributed by atoms with Crippen molar-refractivity contribution in [1.29, 1.82) is 0 Å². The van der Waals surface area contributed by atoms with Crippen LogP contribution in [0.1, 0.15) is 11.4 Å². The van der Waals surface area contributed by atoms with Crippen molar-refractivity contribution in [3.8, 4) is 5.75 Å². The first-order valence-corrected chi connectivity index (χ1v) is 7.07. The highest BCUT2D eigenvalue weighted by Crippen LogP contribution is 2.27. The SMILES string of the molecule is COc1ccccc1N=C(c1ccccc1)n1ccnc1C. The lowest BCUT2D eigenvalue weighted by molar-refractivity contribution is 0.416. The first-order chi connectivity index (χ1) is 10.8. The lowest BCUT2D eigenvalue weighted by Crippen LogP contribution is -2.14. The maximum absolute atomic E-state index is 5.40. The number of ether oxygens (including phenoxy) is 1. The van der Waals surface area contributed by atoms with E-state index in [4.69, 9.17) is 9.73 Å². The molecule has 0 aliphatic carbocycles. The van der Waals surface area contributed by atoms with Gasteiger partial charge < -0.3 is 4.74 Å². The Bertz CT molecular complexity index is 791. The fraction of sp³-hybridized carbons (Fsp3) is 0.111. The van der Waals surface area contributed by atoms with E-state index in [1.54, 1.807) is 13.3 Å². The highest BCUT2D eigenvalue weighted by molar-refractivity contribution is 6.02. The van der Waals surface area contributed by atoms with Crippen LogP contribution in [0.5, 0.6) is 5.75 Å². The number of hydrogen-bond donors (Lipinski definition) is 0. The molecule has 0 amide bonds. The number of methoxy groups -OCH3 is 1. The fourth-order valence-corrected chi connectivity index (χ4v) is 2.28. The molecule has 0 aliphatic rings. The van der Waals surface area contributed by atoms with Crippen LogP contribution < -0.4 is 4.74 Å². The minimum atomic E-state index is 0.744. The number of aliphatic imine (C=N–C) groups is 1. The highest BCUT2D eigenvalue weighted by atomic mass is 16.5. The van der Waals surface area contributed by atoms with Crippen LogP contribution in [0.15, 0.2) is 72.0 Å². The number of aryl methyl sites for hydroxylation is 1. The topological polar surface area (TPSA) is 39.4 Å². The van der Waals surface area contributed by atoms with Gasteiger partial charge in [-0.2, -0.15) is 0 Å². The third-order valence-electron chi connectivity index (χ3n) is 3.40. The van der Waals surface area contributed by atoms with Gasteiger partial charge in [-0.05, 0) is 19.1 Å². The van der Waals surface area contributed by atoms with Crippen molar-refractivity contribution in [2.75, 3.05) is 7.11 Å². The molecule has 1 heterocycles. The van der Waals surface area contributed by atoms with E-state index in [2.05, 4.69) is 4.98 Å². The van der Waals surface area contributed by atoms with E-state index in [9.17, 15) is 0 Å². The van der Waals surface area contributed by atoms with Gasteiger partial charge in [-0.3, -0.25) is 4.57 Å². The van der Waals surface area contributed by atoms with Gasteiger partial charge in [0, 0.05) is 18.0 Å². The normalized spacial score (nSPS) is 11.5. The Hall–Kier alpha value is -2.88. The summed E-state index contributed by atoms with van der Waals surface area (Å²) in [7, 11) is 1.65. The Kier molecular flexibility index (Phi) is 4.01. The number of rotatable bonds is 3. The average Bonchev–Trinajstić information content (AvgIpc) is 2.99. The quantitative estimate of drug-likeness (QED) is 0.543. The Morgan fingerprint density at radius 1 is 1.05 bits per heavy atom. The molecule has 3 rings (SSSR count). The second-order valence-electron chi connectivity index (χ2n) is 4.82. The number of nitrogens with zero attached hydrogens (tertiary/aromatic N) is 3. The van der Waals surface area contributed by atoms with E-state index in [-0.39, 0.29) is 0 Å². The molecule has 0 saturated carbocycles. The zero-order valence-electron chi connectivity index (χ0n) is 12.6. The molecule has 0 N–H and O–H groups in total. The van der Waals surface area contributed by atoms with Gasteiger partial charge in [-0.15, -0.1) is 0 Å². The molecular weight excluding hydrogens is 274 g/mol. The van der Waals surface area contributed by atoms with Crippen LogP contribution in [0.3, 0.4) is 0 Å². The van der Waals surface area contributed by atoms with Crippen molar-refractivity contribution in [3.05, 3.63) is 78.4 Å². The number of imidazole rings is 1. The van der Waals surface area contributed by atoms with Crippen LogP contribution in [0.4, 0.5) is 5.69 Å². The zero-order valence-corrected chi connectivity index (χ0v) is 12.6. The molecule has 0 bridgehead atoms. The highest BCUT2D eigenvalue weighted by Gasteiger charge is 2.10. The Morgan fingerprint density at radius 3 is 2.45 bits per heavy atom. The van der Waals surface area contributed by atoms with Crippen LogP contribution in [-0.2, 0) is 0 Å². The van der Waals surface area contributed by atoms with Gasteiger partial charge in [0.2, 0.25) is 0 Å². The molecule has 4 nitrogen and oxygen atoms in total. The molecule has 110 valence electrons. The standard InChI is InChI=1S/C18H17N3O/c1-14-19-12-13-21(14)18(15-8-4-3-5-9-15)20-16-10-6-7-11-17(16)22-2/h3-13H,1-2H3. The zero-order chi connectivity index (χ0) is 15.4. The Balaban J connectivity index is 2.18. The molecular formula is C18H17N3O. The van der Waals surface area contributed by atoms with Gasteiger partial charge in [0.05, 0.1) is 7.11 Å². The van der Waals surface area contributed by atoms with E-state index in [0.717, 1.165) is 28.7 Å². The van der Waals surface area contributed by atoms with Crippen molar-refractivity contribution in [1.82, 2.24) is 9.55 Å². The van der Waals surface area contributed by atoms with Crippen molar-refractivity contribution >= 4 is 11.5 Å². The van der Waals surface area contributed by atoms with Crippen molar-refractivity contribution < 1.29 is 4.74 Å². The summed E-state index contributed by atoms with van der Waals surface area (Å²) in [5.74, 6) is 2.45. The summed E-state index contributed by atoms with van der Waals surface area (Å²) in [4.78, 5) is 9.12. The summed E-state index contributed by atoms with van der Waals surface area (Å²) >= 11 is 0. The molecule has 22 heavy (non-hydrogen) atoms. The van der Waals surface area contributed by atoms with Gasteiger partial charge in [0.1, 0.15) is 23.1 Å². The molecule has 0 radical (unpaired) electrons. The van der Waals surface area contributed by atoms with E-state index >= 15 is 0 Å². The second-order valence-corrected chi connectivity index (χ2v) is 4.82. The predicted octanol–water partition coefficient (Wildman–Crippen LogP) is 3.83. The van der Waals surface area contributed by atoms with Crippen LogP contribution in [0.2, 0.25) is 0 Å². The summed E-state index contributed by atoms with van der Waals surface area (Å²) in [5.41, 5.74) is 1.81. The minimum Gasteiger partial charge on any atom is -0.494 e. The second kappa shape index (κ2) is 6.26. The lowest BCUT2D eigenvalue weighted by atomic mass is 10.2. The largest absolute Gasteiger partial charge is 0.494 e. The molecule has 0 saturated heterocycles. The number of benzene rings is 2. The molecule has 1 aromatic heterocycles. The maximum atomic E-state index is 5.40. The van der Waals surface area contributed by atoms with E-state index in [1.165, 1.54) is 0 Å². The molecule has 0 aliphatic heterocycles. The fourth-order valence-electron chi connectivity index (χ4n) is 2.28. The van der Waals surface area contributed by atoms with Crippen LogP contribution in [0.25, 0.3) is 0 Å². The Morgan fingerprint density at radius 2 is 1.77 bits per heavy atom. The van der Waals surface area contributed by atoms with E-state index in [0.29, 0.717) is 0 Å². The minimum absolute atomic E-state index is 0.744. The van der Waals surface area contributed by atoms with Gasteiger partial charge in [0.15, 0.2) is 0 Å². The lowest BCUT2D eigenvalue weighted by Gasteiger charge is -2.11. The molecule has 4 heteroatoms. The maximum Gasteiger partial charge on any atom is 0.146 e. The first-order valence-electron chi connectivity index (χ1n) is 7.07. The summed E-state index contributed by atoms with van der Waals surface area (Å²) in [6, 6.07) is 17.8. The molecule has 0 unspecified atom stereocenters. The van der Waals surface area contributed by atoms with E-state index < -0.39 is 0 Å². The van der Waals surface area contributed by atoms with Crippen LogP contribution >= 0.6 is 0 Å². The summed E-state index contributed by atoms with van der Waals surface area (Å²) in [6.45, 7) is 1.96. The molecule has 0 spiro atoms. The van der Waals surface area contributed by atoms with Crippen LogP contribution in [-0.4, -0.2) is 22.5 Å². The number of hydrogen-bond acceptors (Lipinski definition) is 3. The van der Waals surface area contributed by atoms with Crippen molar-refractivity contribution in [2.45, 2.75) is 6.92 Å². The van der Waals surface area contributed by atoms with Crippen molar-refractivity contribution in [2.24, 2.45) is 4.99 Å². The average molecular weight is 291 g/mol.